The van der Waals surface area contributed by atoms with Gasteiger partial charge < -0.3 is 9.47 Å². The molecule has 0 unspecified atom stereocenters. The van der Waals surface area contributed by atoms with Crippen LogP contribution in [0.25, 0.3) is 6.08 Å². The van der Waals surface area contributed by atoms with Crippen molar-refractivity contribution in [2.75, 3.05) is 11.5 Å². The molecule has 35 heavy (non-hydrogen) atoms. The standard InChI is InChI=1S/C28H24ClNO3S2/c1-3-10-20-15-19(17-25-27(31)30(28(34)35-25)22-12-6-5-7-13-22)16-24(32-4-2)26(20)33-18-21-11-8-9-14-23(21)29/h3,5-9,11-17H,1,4,10,18H2,2H3/b25-17+. The molecule has 7 heteroatoms. The predicted octanol–water partition coefficient (Wildman–Crippen LogP) is 7.45. The first kappa shape index (κ1) is 25.0. The van der Waals surface area contributed by atoms with Crippen molar-refractivity contribution < 1.29 is 14.3 Å². The molecule has 0 atom stereocenters. The first-order valence-corrected chi connectivity index (χ1v) is 12.7. The minimum absolute atomic E-state index is 0.145. The molecule has 0 bridgehead atoms. The van der Waals surface area contributed by atoms with Gasteiger partial charge in [-0.1, -0.05) is 78.1 Å². The zero-order valence-electron chi connectivity index (χ0n) is 19.2. The van der Waals surface area contributed by atoms with Crippen LogP contribution in [0.1, 0.15) is 23.6 Å². The van der Waals surface area contributed by atoms with Crippen molar-refractivity contribution in [1.29, 1.82) is 0 Å². The number of carbonyl (C=O) groups excluding carboxylic acids is 1. The Morgan fingerprint density at radius 2 is 1.80 bits per heavy atom. The van der Waals surface area contributed by atoms with E-state index in [1.807, 2.05) is 85.8 Å². The molecule has 0 radical (unpaired) electrons. The lowest BCUT2D eigenvalue weighted by Crippen LogP contribution is -2.27. The smallest absolute Gasteiger partial charge is 0.270 e. The van der Waals surface area contributed by atoms with Gasteiger partial charge in [0.2, 0.25) is 0 Å². The molecular formula is C28H24ClNO3S2. The molecule has 0 spiro atoms. The molecule has 1 saturated heterocycles. The van der Waals surface area contributed by atoms with Gasteiger partial charge in [0, 0.05) is 16.1 Å². The highest BCUT2D eigenvalue weighted by Crippen LogP contribution is 2.39. The minimum Gasteiger partial charge on any atom is -0.490 e. The second-order valence-electron chi connectivity index (χ2n) is 7.67. The summed E-state index contributed by atoms with van der Waals surface area (Å²) in [5, 5.41) is 0.646. The third kappa shape index (κ3) is 5.78. The van der Waals surface area contributed by atoms with E-state index in [2.05, 4.69) is 6.58 Å². The van der Waals surface area contributed by atoms with Crippen molar-refractivity contribution in [2.24, 2.45) is 0 Å². The van der Waals surface area contributed by atoms with Crippen LogP contribution in [0, 0.1) is 0 Å². The fraction of sp³-hybridized carbons (Fsp3) is 0.143. The fourth-order valence-electron chi connectivity index (χ4n) is 3.68. The number of amides is 1. The first-order chi connectivity index (χ1) is 17.0. The number of halogens is 1. The summed E-state index contributed by atoms with van der Waals surface area (Å²) in [6.45, 7) is 6.58. The Morgan fingerprint density at radius 3 is 2.51 bits per heavy atom. The average Bonchev–Trinajstić information content (AvgIpc) is 3.13. The molecule has 0 aromatic heterocycles. The van der Waals surface area contributed by atoms with E-state index in [0.717, 1.165) is 22.4 Å². The molecule has 3 aromatic rings. The predicted molar refractivity (Wildman–Crippen MR) is 149 cm³/mol. The van der Waals surface area contributed by atoms with Gasteiger partial charge in [0.05, 0.1) is 17.2 Å². The van der Waals surface area contributed by atoms with Gasteiger partial charge in [-0.3, -0.25) is 9.69 Å². The van der Waals surface area contributed by atoms with Crippen LogP contribution in [0.5, 0.6) is 11.5 Å². The molecule has 3 aromatic carbocycles. The average molecular weight is 522 g/mol. The molecule has 4 rings (SSSR count). The first-order valence-electron chi connectivity index (χ1n) is 11.1. The molecule has 0 saturated carbocycles. The Kier molecular flexibility index (Phi) is 8.29. The fourth-order valence-corrected chi connectivity index (χ4v) is 5.17. The van der Waals surface area contributed by atoms with Crippen LogP contribution in [-0.4, -0.2) is 16.8 Å². The van der Waals surface area contributed by atoms with Gasteiger partial charge in [-0.25, -0.2) is 0 Å². The summed E-state index contributed by atoms with van der Waals surface area (Å²) in [5.74, 6) is 1.10. The van der Waals surface area contributed by atoms with E-state index >= 15 is 0 Å². The molecule has 0 aliphatic carbocycles. The lowest BCUT2D eigenvalue weighted by molar-refractivity contribution is -0.113. The summed E-state index contributed by atoms with van der Waals surface area (Å²) in [4.78, 5) is 15.3. The maximum Gasteiger partial charge on any atom is 0.270 e. The molecule has 0 N–H and O–H groups in total. The van der Waals surface area contributed by atoms with Gasteiger partial charge in [0.25, 0.3) is 5.91 Å². The van der Waals surface area contributed by atoms with Crippen molar-refractivity contribution in [3.05, 3.63) is 106 Å². The number of para-hydroxylation sites is 1. The zero-order valence-corrected chi connectivity index (χ0v) is 21.6. The van der Waals surface area contributed by atoms with E-state index in [1.165, 1.54) is 11.8 Å². The summed E-state index contributed by atoms with van der Waals surface area (Å²) in [5.41, 5.74) is 3.37. The second kappa shape index (κ2) is 11.6. The van der Waals surface area contributed by atoms with Crippen LogP contribution in [0.15, 0.2) is 84.3 Å². The number of ether oxygens (including phenoxy) is 2. The molecule has 1 aliphatic rings. The largest absolute Gasteiger partial charge is 0.490 e. The molecule has 1 aliphatic heterocycles. The third-order valence-electron chi connectivity index (χ3n) is 5.25. The van der Waals surface area contributed by atoms with Gasteiger partial charge in [0.1, 0.15) is 6.61 Å². The number of anilines is 1. The minimum atomic E-state index is -0.145. The highest BCUT2D eigenvalue weighted by Gasteiger charge is 2.33. The quantitative estimate of drug-likeness (QED) is 0.166. The Bertz CT molecular complexity index is 1290. The van der Waals surface area contributed by atoms with E-state index in [-0.39, 0.29) is 5.91 Å². The number of hydrogen-bond acceptors (Lipinski definition) is 5. The van der Waals surface area contributed by atoms with Crippen molar-refractivity contribution >= 4 is 57.6 Å². The number of rotatable bonds is 9. The molecule has 178 valence electrons. The number of thioether (sulfide) groups is 1. The topological polar surface area (TPSA) is 38.8 Å². The highest BCUT2D eigenvalue weighted by atomic mass is 35.5. The van der Waals surface area contributed by atoms with E-state index in [0.29, 0.717) is 45.4 Å². The zero-order chi connectivity index (χ0) is 24.8. The lowest BCUT2D eigenvalue weighted by Gasteiger charge is -2.17. The van der Waals surface area contributed by atoms with Crippen LogP contribution in [0.2, 0.25) is 5.02 Å². The molecular weight excluding hydrogens is 498 g/mol. The molecule has 1 fully saturated rings. The summed E-state index contributed by atoms with van der Waals surface area (Å²) < 4.78 is 12.6. The second-order valence-corrected chi connectivity index (χ2v) is 9.75. The maximum absolute atomic E-state index is 13.2. The number of thiocarbonyl (C=S) groups is 1. The summed E-state index contributed by atoms with van der Waals surface area (Å²) in [6.07, 6.45) is 4.23. The number of allylic oxidation sites excluding steroid dienone is 1. The van der Waals surface area contributed by atoms with Gasteiger partial charge in [-0.2, -0.15) is 0 Å². The van der Waals surface area contributed by atoms with E-state index < -0.39 is 0 Å². The van der Waals surface area contributed by atoms with Crippen molar-refractivity contribution in [2.45, 2.75) is 20.0 Å². The highest BCUT2D eigenvalue weighted by molar-refractivity contribution is 8.27. The maximum atomic E-state index is 13.2. The van der Waals surface area contributed by atoms with Crippen LogP contribution in [0.4, 0.5) is 5.69 Å². The normalized spacial score (nSPS) is 14.5. The third-order valence-corrected chi connectivity index (χ3v) is 6.92. The molecule has 1 amide bonds. The summed E-state index contributed by atoms with van der Waals surface area (Å²) in [7, 11) is 0. The number of carbonyl (C=O) groups is 1. The Labute approximate surface area is 220 Å². The van der Waals surface area contributed by atoms with Crippen LogP contribution in [-0.2, 0) is 17.8 Å². The number of benzene rings is 3. The van der Waals surface area contributed by atoms with Gasteiger partial charge >= 0.3 is 0 Å². The van der Waals surface area contributed by atoms with E-state index in [1.54, 1.807) is 4.90 Å². The monoisotopic (exact) mass is 521 g/mol. The lowest BCUT2D eigenvalue weighted by atomic mass is 10.0. The SMILES string of the molecule is C=CCc1cc(/C=C2/SC(=S)N(c3ccccc3)C2=O)cc(OCC)c1OCc1ccccc1Cl. The number of nitrogens with zero attached hydrogens (tertiary/aromatic N) is 1. The summed E-state index contributed by atoms with van der Waals surface area (Å²) in [6, 6.07) is 20.9. The van der Waals surface area contributed by atoms with Gasteiger partial charge in [-0.05, 0) is 55.3 Å². The molecule has 1 heterocycles. The van der Waals surface area contributed by atoms with Gasteiger partial charge in [0.15, 0.2) is 15.8 Å². The van der Waals surface area contributed by atoms with Crippen molar-refractivity contribution in [3.63, 3.8) is 0 Å². The Hall–Kier alpha value is -3.06. The Morgan fingerprint density at radius 1 is 1.06 bits per heavy atom. The van der Waals surface area contributed by atoms with Crippen LogP contribution >= 0.6 is 35.6 Å². The Balaban J connectivity index is 1.67. The molecule has 4 nitrogen and oxygen atoms in total. The van der Waals surface area contributed by atoms with E-state index in [9.17, 15) is 4.79 Å². The van der Waals surface area contributed by atoms with Crippen LogP contribution in [0.3, 0.4) is 0 Å². The van der Waals surface area contributed by atoms with Crippen LogP contribution < -0.4 is 14.4 Å². The van der Waals surface area contributed by atoms with Crippen molar-refractivity contribution in [3.8, 4) is 11.5 Å². The van der Waals surface area contributed by atoms with Gasteiger partial charge in [-0.15, -0.1) is 6.58 Å². The summed E-state index contributed by atoms with van der Waals surface area (Å²) >= 11 is 13.1. The van der Waals surface area contributed by atoms with E-state index in [4.69, 9.17) is 33.3 Å². The van der Waals surface area contributed by atoms with Crippen molar-refractivity contribution in [1.82, 2.24) is 0 Å². The number of hydrogen-bond donors (Lipinski definition) is 0.